The molecule has 1 aliphatic rings. The van der Waals surface area contributed by atoms with Gasteiger partial charge in [0.2, 0.25) is 5.95 Å². The first-order valence-electron chi connectivity index (χ1n) is 7.27. The van der Waals surface area contributed by atoms with E-state index in [1.54, 1.807) is 12.4 Å². The number of piperidine rings is 1. The van der Waals surface area contributed by atoms with Gasteiger partial charge in [-0.25, -0.2) is 0 Å². The lowest BCUT2D eigenvalue weighted by Crippen LogP contribution is -2.37. The van der Waals surface area contributed by atoms with Gasteiger partial charge in [0, 0.05) is 31.5 Å². The topological polar surface area (TPSA) is 89.7 Å². The molecule has 1 aliphatic heterocycles. The van der Waals surface area contributed by atoms with Crippen molar-refractivity contribution in [2.24, 2.45) is 5.92 Å². The Kier molecular flexibility index (Phi) is 4.01. The monoisotopic (exact) mass is 288 g/mol. The summed E-state index contributed by atoms with van der Waals surface area (Å²) >= 11 is 0. The quantitative estimate of drug-likeness (QED) is 0.766. The third-order valence-electron chi connectivity index (χ3n) is 3.94. The van der Waals surface area contributed by atoms with Crippen LogP contribution in [0.15, 0.2) is 23.3 Å². The molecule has 0 spiro atoms. The molecule has 0 bridgehead atoms. The first-order valence-corrected chi connectivity index (χ1v) is 7.27. The van der Waals surface area contributed by atoms with Gasteiger partial charge in [0.15, 0.2) is 11.3 Å². The molecule has 2 aromatic rings. The molecule has 2 aromatic heterocycles. The second-order valence-corrected chi connectivity index (χ2v) is 5.39. The Hall–Kier alpha value is -2.15. The first-order chi connectivity index (χ1) is 10.3. The molecule has 1 fully saturated rings. The van der Waals surface area contributed by atoms with E-state index in [1.165, 1.54) is 6.07 Å². The molecule has 7 nitrogen and oxygen atoms in total. The van der Waals surface area contributed by atoms with Crippen molar-refractivity contribution in [2.75, 3.05) is 31.6 Å². The Labute approximate surface area is 122 Å². The van der Waals surface area contributed by atoms with Crippen molar-refractivity contribution in [3.05, 3.63) is 28.7 Å². The molecule has 0 atom stereocenters. The number of aromatic nitrogens is 4. The van der Waals surface area contributed by atoms with Gasteiger partial charge in [-0.1, -0.05) is 0 Å². The van der Waals surface area contributed by atoms with Crippen molar-refractivity contribution >= 4 is 5.95 Å². The predicted molar refractivity (Wildman–Crippen MR) is 81.3 cm³/mol. The van der Waals surface area contributed by atoms with E-state index >= 15 is 0 Å². The maximum Gasteiger partial charge on any atom is 0.245 e. The van der Waals surface area contributed by atoms with Crippen molar-refractivity contribution in [2.45, 2.75) is 12.8 Å². The zero-order valence-corrected chi connectivity index (χ0v) is 12.1. The van der Waals surface area contributed by atoms with Crippen LogP contribution in [0.1, 0.15) is 12.8 Å². The van der Waals surface area contributed by atoms with Crippen LogP contribution in [0, 0.1) is 5.92 Å². The minimum absolute atomic E-state index is 0.0656. The third kappa shape index (κ3) is 2.97. The summed E-state index contributed by atoms with van der Waals surface area (Å²) in [4.78, 5) is 21.3. The number of hydrogen-bond donors (Lipinski definition) is 3. The molecule has 0 aromatic carbocycles. The normalized spacial score (nSPS) is 16.3. The number of anilines is 1. The summed E-state index contributed by atoms with van der Waals surface area (Å²) in [6.45, 7) is 2.97. The number of H-pyrrole nitrogens is 2. The molecule has 0 unspecified atom stereocenters. The molecule has 21 heavy (non-hydrogen) atoms. The Balaban J connectivity index is 1.72. The Morgan fingerprint density at radius 3 is 2.95 bits per heavy atom. The molecule has 0 amide bonds. The van der Waals surface area contributed by atoms with Crippen LogP contribution in [-0.2, 0) is 0 Å². The third-order valence-corrected chi connectivity index (χ3v) is 3.94. The van der Waals surface area contributed by atoms with Crippen molar-refractivity contribution in [3.63, 3.8) is 0 Å². The number of hydrogen-bond acceptors (Lipinski definition) is 5. The summed E-state index contributed by atoms with van der Waals surface area (Å²) in [5.74, 6) is 1.92. The molecule has 3 N–H and O–H groups in total. The lowest BCUT2D eigenvalue weighted by Gasteiger charge is -2.30. The highest BCUT2D eigenvalue weighted by Crippen LogP contribution is 2.21. The summed E-state index contributed by atoms with van der Waals surface area (Å²) in [7, 11) is 1.99. The van der Waals surface area contributed by atoms with Crippen molar-refractivity contribution in [1.82, 2.24) is 25.5 Å². The highest BCUT2D eigenvalue weighted by molar-refractivity contribution is 5.54. The maximum atomic E-state index is 11.8. The molecule has 3 rings (SSSR count). The fourth-order valence-electron chi connectivity index (χ4n) is 2.74. The largest absolute Gasteiger partial charge is 0.367 e. The number of nitrogens with zero attached hydrogens (tertiary/aromatic N) is 3. The zero-order chi connectivity index (χ0) is 14.7. The van der Waals surface area contributed by atoms with Gasteiger partial charge in [0.25, 0.3) is 0 Å². The summed E-state index contributed by atoms with van der Waals surface area (Å²) in [5, 5.41) is 10.3. The van der Waals surface area contributed by atoms with Gasteiger partial charge < -0.3 is 15.2 Å². The van der Waals surface area contributed by atoms with Crippen molar-refractivity contribution in [1.29, 1.82) is 0 Å². The van der Waals surface area contributed by atoms with Crippen LogP contribution in [0.4, 0.5) is 5.95 Å². The Bertz CT molecular complexity index is 641. The van der Waals surface area contributed by atoms with Gasteiger partial charge in [-0.3, -0.25) is 9.89 Å². The molecule has 7 heteroatoms. The van der Waals surface area contributed by atoms with E-state index in [9.17, 15) is 4.79 Å². The van der Waals surface area contributed by atoms with Crippen LogP contribution in [-0.4, -0.2) is 46.8 Å². The minimum atomic E-state index is -0.0656. The minimum Gasteiger partial charge on any atom is -0.367 e. The Morgan fingerprint density at radius 2 is 2.24 bits per heavy atom. The fraction of sp³-hybridized carbons (Fsp3) is 0.500. The van der Waals surface area contributed by atoms with E-state index in [1.807, 2.05) is 7.05 Å². The van der Waals surface area contributed by atoms with Crippen LogP contribution in [0.5, 0.6) is 0 Å². The molecule has 1 saturated heterocycles. The second kappa shape index (κ2) is 6.09. The van der Waals surface area contributed by atoms with Crippen LogP contribution in [0.25, 0.3) is 11.4 Å². The molecule has 3 heterocycles. The standard InChI is InChI=1S/C14H20N6O/c1-15-8-10-3-6-20(7-4-10)14-17-13(18-19-14)11-9-16-5-2-12(11)21/h2,5,9-10,15H,3-4,6-8H2,1H3,(H,16,21)(H,17,18,19). The summed E-state index contributed by atoms with van der Waals surface area (Å²) in [6.07, 6.45) is 5.52. The molecular formula is C14H20N6O. The molecular weight excluding hydrogens is 268 g/mol. The van der Waals surface area contributed by atoms with Crippen molar-refractivity contribution < 1.29 is 0 Å². The van der Waals surface area contributed by atoms with E-state index < -0.39 is 0 Å². The predicted octanol–water partition coefficient (Wildman–Crippen LogP) is 0.596. The number of pyridine rings is 1. The van der Waals surface area contributed by atoms with Gasteiger partial charge in [0.05, 0.1) is 5.56 Å². The van der Waals surface area contributed by atoms with Crippen LogP contribution >= 0.6 is 0 Å². The number of nitrogens with one attached hydrogen (secondary N) is 3. The van der Waals surface area contributed by atoms with Gasteiger partial charge in [-0.05, 0) is 32.4 Å². The molecule has 0 saturated carbocycles. The van der Waals surface area contributed by atoms with Crippen LogP contribution < -0.4 is 15.6 Å². The highest BCUT2D eigenvalue weighted by Gasteiger charge is 2.21. The van der Waals surface area contributed by atoms with Gasteiger partial charge in [-0.2, -0.15) is 4.98 Å². The first kappa shape index (κ1) is 13.8. The molecule has 0 aliphatic carbocycles. The van der Waals surface area contributed by atoms with E-state index in [0.29, 0.717) is 17.3 Å². The zero-order valence-electron chi connectivity index (χ0n) is 12.1. The van der Waals surface area contributed by atoms with Gasteiger partial charge in [0.1, 0.15) is 0 Å². The SMILES string of the molecule is CNCC1CCN(c2n[nH]c(-c3c[nH]ccc3=O)n2)CC1. The van der Waals surface area contributed by atoms with E-state index in [-0.39, 0.29) is 5.43 Å². The van der Waals surface area contributed by atoms with Crippen molar-refractivity contribution in [3.8, 4) is 11.4 Å². The van der Waals surface area contributed by atoms with E-state index in [0.717, 1.165) is 38.4 Å². The van der Waals surface area contributed by atoms with E-state index in [4.69, 9.17) is 0 Å². The average Bonchev–Trinajstić information content (AvgIpc) is 2.98. The van der Waals surface area contributed by atoms with Crippen LogP contribution in [0.3, 0.4) is 0 Å². The molecule has 112 valence electrons. The smallest absolute Gasteiger partial charge is 0.245 e. The molecule has 0 radical (unpaired) electrons. The number of aromatic amines is 2. The second-order valence-electron chi connectivity index (χ2n) is 5.39. The van der Waals surface area contributed by atoms with Crippen LogP contribution in [0.2, 0.25) is 0 Å². The average molecular weight is 288 g/mol. The van der Waals surface area contributed by atoms with E-state index in [2.05, 4.69) is 30.4 Å². The van der Waals surface area contributed by atoms with Gasteiger partial charge in [-0.15, -0.1) is 5.10 Å². The lowest BCUT2D eigenvalue weighted by atomic mass is 9.97. The van der Waals surface area contributed by atoms with Gasteiger partial charge >= 0.3 is 0 Å². The lowest BCUT2D eigenvalue weighted by molar-refractivity contribution is 0.391. The maximum absolute atomic E-state index is 11.8. The number of rotatable bonds is 4. The fourth-order valence-corrected chi connectivity index (χ4v) is 2.74. The summed E-state index contributed by atoms with van der Waals surface area (Å²) in [5.41, 5.74) is 0.450. The Morgan fingerprint density at radius 1 is 1.43 bits per heavy atom. The summed E-state index contributed by atoms with van der Waals surface area (Å²) < 4.78 is 0. The highest BCUT2D eigenvalue weighted by atomic mass is 16.1. The summed E-state index contributed by atoms with van der Waals surface area (Å²) in [6, 6.07) is 1.49.